The molecule has 0 aliphatic rings. The molecule has 0 aliphatic heterocycles. The van der Waals surface area contributed by atoms with Gasteiger partial charge < -0.3 is 5.73 Å². The number of aryl methyl sites for hydroxylation is 1. The Labute approximate surface area is 120 Å². The minimum Gasteiger partial charge on any atom is -0.329 e. The highest BCUT2D eigenvalue weighted by atomic mass is 35.5. The summed E-state index contributed by atoms with van der Waals surface area (Å²) in [6.07, 6.45) is 1.28. The lowest BCUT2D eigenvalue weighted by Gasteiger charge is -2.31. The Hall–Kier alpha value is -0.620. The highest BCUT2D eigenvalue weighted by molar-refractivity contribution is 7.89. The predicted octanol–water partition coefficient (Wildman–Crippen LogP) is 2.44. The van der Waals surface area contributed by atoms with E-state index in [1.807, 2.05) is 13.8 Å². The average Bonchev–Trinajstić information content (AvgIpc) is 2.39. The van der Waals surface area contributed by atoms with Crippen LogP contribution in [0.4, 0.5) is 0 Å². The molecular weight excluding hydrogens is 284 g/mol. The van der Waals surface area contributed by atoms with Crippen molar-refractivity contribution in [3.05, 3.63) is 28.8 Å². The molecule has 0 saturated carbocycles. The number of rotatable bonds is 6. The summed E-state index contributed by atoms with van der Waals surface area (Å²) in [5.41, 5.74) is 5.79. The van der Waals surface area contributed by atoms with E-state index in [4.69, 9.17) is 17.3 Å². The van der Waals surface area contributed by atoms with E-state index in [9.17, 15) is 8.42 Å². The van der Waals surface area contributed by atoms with Gasteiger partial charge >= 0.3 is 0 Å². The highest BCUT2D eigenvalue weighted by Gasteiger charge is 2.31. The average molecular weight is 305 g/mol. The van der Waals surface area contributed by atoms with Crippen molar-refractivity contribution in [2.45, 2.75) is 44.0 Å². The van der Waals surface area contributed by atoms with Crippen LogP contribution in [0.15, 0.2) is 23.1 Å². The Kier molecular flexibility index (Phi) is 5.38. The summed E-state index contributed by atoms with van der Waals surface area (Å²) in [5.74, 6) is 0. The summed E-state index contributed by atoms with van der Waals surface area (Å²) in [4.78, 5) is 0.208. The van der Waals surface area contributed by atoms with Gasteiger partial charge in [-0.1, -0.05) is 31.5 Å². The third-order valence-electron chi connectivity index (χ3n) is 3.53. The van der Waals surface area contributed by atoms with E-state index >= 15 is 0 Å². The van der Waals surface area contributed by atoms with Gasteiger partial charge in [-0.05, 0) is 37.5 Å². The van der Waals surface area contributed by atoms with Gasteiger partial charge in [-0.2, -0.15) is 0 Å². The van der Waals surface area contributed by atoms with Crippen molar-refractivity contribution in [2.75, 3.05) is 6.54 Å². The quantitative estimate of drug-likeness (QED) is 0.848. The lowest BCUT2D eigenvalue weighted by Crippen LogP contribution is -2.52. The van der Waals surface area contributed by atoms with Crippen molar-refractivity contribution in [1.29, 1.82) is 0 Å². The summed E-state index contributed by atoms with van der Waals surface area (Å²) in [7, 11) is -3.62. The fraction of sp³-hybridized carbons (Fsp3) is 0.538. The maximum absolute atomic E-state index is 12.5. The molecule has 0 spiro atoms. The zero-order chi connectivity index (χ0) is 14.7. The molecule has 0 heterocycles. The molecule has 108 valence electrons. The molecule has 6 heteroatoms. The second-order valence-corrected chi connectivity index (χ2v) is 6.79. The molecule has 19 heavy (non-hydrogen) atoms. The number of hydrogen-bond acceptors (Lipinski definition) is 3. The van der Waals surface area contributed by atoms with Crippen LogP contribution in [0.5, 0.6) is 0 Å². The molecule has 0 bridgehead atoms. The van der Waals surface area contributed by atoms with Crippen molar-refractivity contribution in [3.8, 4) is 0 Å². The van der Waals surface area contributed by atoms with Crippen LogP contribution in [0.1, 0.15) is 32.3 Å². The third kappa shape index (κ3) is 3.69. The van der Waals surface area contributed by atoms with E-state index in [1.165, 1.54) is 6.07 Å². The molecule has 1 rings (SSSR count). The molecule has 0 unspecified atom stereocenters. The zero-order valence-electron chi connectivity index (χ0n) is 11.5. The number of hydrogen-bond donors (Lipinski definition) is 2. The first kappa shape index (κ1) is 16.4. The Bertz CT molecular complexity index is 531. The lowest BCUT2D eigenvalue weighted by atomic mass is 9.95. The van der Waals surface area contributed by atoms with Crippen LogP contribution in [0.25, 0.3) is 0 Å². The monoisotopic (exact) mass is 304 g/mol. The predicted molar refractivity (Wildman–Crippen MR) is 78.9 cm³/mol. The van der Waals surface area contributed by atoms with E-state index in [-0.39, 0.29) is 11.4 Å². The molecular formula is C13H21ClN2O2S. The molecule has 0 amide bonds. The number of nitrogens with one attached hydrogen (secondary N) is 1. The van der Waals surface area contributed by atoms with Gasteiger partial charge in [-0.25, -0.2) is 13.1 Å². The first-order chi connectivity index (χ1) is 8.80. The van der Waals surface area contributed by atoms with E-state index in [2.05, 4.69) is 4.72 Å². The Morgan fingerprint density at radius 2 is 1.89 bits per heavy atom. The van der Waals surface area contributed by atoms with Crippen molar-refractivity contribution in [2.24, 2.45) is 5.73 Å². The van der Waals surface area contributed by atoms with Gasteiger partial charge in [-0.3, -0.25) is 0 Å². The van der Waals surface area contributed by atoms with Crippen molar-refractivity contribution < 1.29 is 8.42 Å². The van der Waals surface area contributed by atoms with Crippen LogP contribution in [0.3, 0.4) is 0 Å². The molecule has 0 aromatic heterocycles. The first-order valence-corrected chi connectivity index (χ1v) is 8.16. The van der Waals surface area contributed by atoms with Gasteiger partial charge in [0, 0.05) is 17.1 Å². The molecule has 1 aromatic carbocycles. The lowest BCUT2D eigenvalue weighted by molar-refractivity contribution is 0.363. The van der Waals surface area contributed by atoms with E-state index in [0.717, 1.165) is 0 Å². The standard InChI is InChI=1S/C13H21ClN2O2S/c1-4-13(5-2,9-15)16-19(17,18)12-8-11(14)7-6-10(12)3/h6-8,16H,4-5,9,15H2,1-3H3. The molecule has 1 aromatic rings. The Morgan fingerprint density at radius 3 is 2.37 bits per heavy atom. The smallest absolute Gasteiger partial charge is 0.241 e. The maximum atomic E-state index is 12.5. The van der Waals surface area contributed by atoms with Gasteiger partial charge in [0.15, 0.2) is 0 Å². The maximum Gasteiger partial charge on any atom is 0.241 e. The van der Waals surface area contributed by atoms with Gasteiger partial charge in [0.25, 0.3) is 0 Å². The fourth-order valence-electron chi connectivity index (χ4n) is 1.93. The zero-order valence-corrected chi connectivity index (χ0v) is 13.1. The number of sulfonamides is 1. The topological polar surface area (TPSA) is 72.2 Å². The van der Waals surface area contributed by atoms with Crippen LogP contribution in [0, 0.1) is 6.92 Å². The summed E-state index contributed by atoms with van der Waals surface area (Å²) in [6.45, 7) is 5.85. The van der Waals surface area contributed by atoms with Crippen LogP contribution in [-0.4, -0.2) is 20.5 Å². The number of benzene rings is 1. The van der Waals surface area contributed by atoms with Crippen LogP contribution in [0.2, 0.25) is 5.02 Å². The molecule has 4 nitrogen and oxygen atoms in total. The van der Waals surface area contributed by atoms with Crippen LogP contribution in [-0.2, 0) is 10.0 Å². The van der Waals surface area contributed by atoms with Crippen molar-refractivity contribution >= 4 is 21.6 Å². The normalized spacial score (nSPS) is 12.7. The van der Waals surface area contributed by atoms with E-state index in [1.54, 1.807) is 19.1 Å². The van der Waals surface area contributed by atoms with Crippen LogP contribution >= 0.6 is 11.6 Å². The minimum absolute atomic E-state index is 0.208. The van der Waals surface area contributed by atoms with Gasteiger partial charge in [-0.15, -0.1) is 0 Å². The van der Waals surface area contributed by atoms with Gasteiger partial charge in [0.05, 0.1) is 4.90 Å². The minimum atomic E-state index is -3.62. The largest absolute Gasteiger partial charge is 0.329 e. The molecule has 0 aliphatic carbocycles. The first-order valence-electron chi connectivity index (χ1n) is 6.30. The second kappa shape index (κ2) is 6.22. The van der Waals surface area contributed by atoms with Crippen LogP contribution < -0.4 is 10.5 Å². The molecule has 0 saturated heterocycles. The molecule has 3 N–H and O–H groups in total. The second-order valence-electron chi connectivity index (χ2n) is 4.71. The van der Waals surface area contributed by atoms with Crippen molar-refractivity contribution in [3.63, 3.8) is 0 Å². The summed E-state index contributed by atoms with van der Waals surface area (Å²) >= 11 is 5.88. The highest BCUT2D eigenvalue weighted by Crippen LogP contribution is 2.23. The van der Waals surface area contributed by atoms with E-state index < -0.39 is 15.6 Å². The van der Waals surface area contributed by atoms with Gasteiger partial charge in [0.1, 0.15) is 0 Å². The molecule has 0 atom stereocenters. The summed E-state index contributed by atoms with van der Waals surface area (Å²) in [5, 5.41) is 0.400. The Balaban J connectivity index is 3.21. The third-order valence-corrected chi connectivity index (χ3v) is 5.49. The Morgan fingerprint density at radius 1 is 1.32 bits per heavy atom. The fourth-order valence-corrected chi connectivity index (χ4v) is 3.99. The number of halogens is 1. The summed E-state index contributed by atoms with van der Waals surface area (Å²) < 4.78 is 27.7. The van der Waals surface area contributed by atoms with Crippen molar-refractivity contribution in [1.82, 2.24) is 4.72 Å². The molecule has 0 fully saturated rings. The molecule has 0 radical (unpaired) electrons. The number of nitrogens with two attached hydrogens (primary N) is 1. The SMILES string of the molecule is CCC(CC)(CN)NS(=O)(=O)c1cc(Cl)ccc1C. The van der Waals surface area contributed by atoms with E-state index in [0.29, 0.717) is 23.4 Å². The summed E-state index contributed by atoms with van der Waals surface area (Å²) in [6, 6.07) is 4.83. The van der Waals surface area contributed by atoms with Gasteiger partial charge in [0.2, 0.25) is 10.0 Å².